The van der Waals surface area contributed by atoms with Crippen molar-refractivity contribution in [1.29, 1.82) is 0 Å². The summed E-state index contributed by atoms with van der Waals surface area (Å²) in [6, 6.07) is 10.2. The summed E-state index contributed by atoms with van der Waals surface area (Å²) in [4.78, 5) is 16.4. The van der Waals surface area contributed by atoms with Gasteiger partial charge < -0.3 is 19.6 Å². The number of methoxy groups -OCH3 is 1. The van der Waals surface area contributed by atoms with Gasteiger partial charge in [-0.25, -0.2) is 0 Å². The molecule has 0 aromatic heterocycles. The van der Waals surface area contributed by atoms with Crippen molar-refractivity contribution in [2.45, 2.75) is 24.6 Å². The molecule has 0 saturated heterocycles. The van der Waals surface area contributed by atoms with Gasteiger partial charge in [0.15, 0.2) is 0 Å². The van der Waals surface area contributed by atoms with Gasteiger partial charge in [-0.3, -0.25) is 4.79 Å². The number of amides is 1. The molecular weight excluding hydrogens is 397 g/mol. The number of hydrogen-bond donors (Lipinski definition) is 1. The molecule has 0 bridgehead atoms. The molecule has 1 N–H and O–H groups in total. The zero-order chi connectivity index (χ0) is 22.1. The molecule has 0 saturated carbocycles. The summed E-state index contributed by atoms with van der Waals surface area (Å²) in [6.45, 7) is 0.767. The topological polar surface area (TPSA) is 53.0 Å². The Balaban J connectivity index is 2.07. The van der Waals surface area contributed by atoms with E-state index in [0.29, 0.717) is 29.1 Å². The third-order valence-corrected chi connectivity index (χ3v) is 5.35. The molecule has 3 rings (SSSR count). The number of rotatable bonds is 5. The molecule has 5 nitrogen and oxygen atoms in total. The zero-order valence-corrected chi connectivity index (χ0v) is 17.1. The summed E-state index contributed by atoms with van der Waals surface area (Å²) in [5.41, 5.74) is 0.680. The number of aliphatic hydroxyl groups excluding tert-OH is 1. The number of carbonyl (C=O) groups is 1. The monoisotopic (exact) mass is 422 g/mol. The van der Waals surface area contributed by atoms with Gasteiger partial charge in [0.2, 0.25) is 0 Å². The number of anilines is 1. The second-order valence-corrected chi connectivity index (χ2v) is 7.66. The van der Waals surface area contributed by atoms with Crippen LogP contribution in [0.1, 0.15) is 22.6 Å². The van der Waals surface area contributed by atoms with Crippen LogP contribution in [0.15, 0.2) is 42.5 Å². The fraction of sp³-hybridized carbons (Fsp3) is 0.409. The molecule has 162 valence electrons. The van der Waals surface area contributed by atoms with Crippen LogP contribution in [0.25, 0.3) is 0 Å². The van der Waals surface area contributed by atoms with Crippen molar-refractivity contribution in [3.63, 3.8) is 0 Å². The molecule has 2 aromatic rings. The van der Waals surface area contributed by atoms with Crippen molar-refractivity contribution in [1.82, 2.24) is 4.90 Å². The van der Waals surface area contributed by atoms with E-state index in [-0.39, 0.29) is 13.0 Å². The van der Waals surface area contributed by atoms with Crippen LogP contribution in [-0.2, 0) is 17.4 Å². The molecule has 8 heteroatoms. The molecular formula is C22H25F3N2O3. The van der Waals surface area contributed by atoms with Crippen LogP contribution in [-0.4, -0.2) is 56.3 Å². The highest BCUT2D eigenvalue weighted by Gasteiger charge is 2.38. The Morgan fingerprint density at radius 2 is 1.83 bits per heavy atom. The fourth-order valence-electron chi connectivity index (χ4n) is 3.67. The summed E-state index contributed by atoms with van der Waals surface area (Å²) in [5.74, 6) is -0.577. The van der Waals surface area contributed by atoms with E-state index in [0.717, 1.165) is 12.1 Å². The lowest BCUT2D eigenvalue weighted by Crippen LogP contribution is -2.43. The number of carbonyl (C=O) groups excluding carboxylic acids is 1. The van der Waals surface area contributed by atoms with Crippen molar-refractivity contribution in [2.75, 3.05) is 39.2 Å². The number of alkyl halides is 3. The summed E-state index contributed by atoms with van der Waals surface area (Å²) in [5, 5.41) is 10.9. The second-order valence-electron chi connectivity index (χ2n) is 7.66. The molecule has 1 amide bonds. The number of aliphatic hydroxyl groups is 1. The summed E-state index contributed by atoms with van der Waals surface area (Å²) < 4.78 is 45.1. The van der Waals surface area contributed by atoms with Gasteiger partial charge in [0.25, 0.3) is 5.91 Å². The maximum Gasteiger partial charge on any atom is 0.416 e. The van der Waals surface area contributed by atoms with Crippen LogP contribution in [0.5, 0.6) is 5.75 Å². The summed E-state index contributed by atoms with van der Waals surface area (Å²) in [7, 11) is 5.20. The van der Waals surface area contributed by atoms with E-state index in [1.54, 1.807) is 24.3 Å². The number of halogens is 3. The van der Waals surface area contributed by atoms with Crippen molar-refractivity contribution in [3.8, 4) is 5.75 Å². The molecule has 1 aliphatic rings. The molecule has 0 unspecified atom stereocenters. The first-order chi connectivity index (χ1) is 14.1. The Morgan fingerprint density at radius 1 is 1.17 bits per heavy atom. The quantitative estimate of drug-likeness (QED) is 0.804. The Bertz CT molecular complexity index is 897. The summed E-state index contributed by atoms with van der Waals surface area (Å²) in [6.07, 6.45) is -5.76. The van der Waals surface area contributed by atoms with Crippen LogP contribution in [0.4, 0.5) is 18.9 Å². The maximum atomic E-state index is 13.3. The summed E-state index contributed by atoms with van der Waals surface area (Å²) >= 11 is 0. The minimum Gasteiger partial charge on any atom is -0.497 e. The van der Waals surface area contributed by atoms with Gasteiger partial charge in [0, 0.05) is 24.7 Å². The first-order valence-electron chi connectivity index (χ1n) is 9.60. The lowest BCUT2D eigenvalue weighted by Gasteiger charge is -2.27. The van der Waals surface area contributed by atoms with Crippen LogP contribution < -0.4 is 9.64 Å². The highest BCUT2D eigenvalue weighted by molar-refractivity contribution is 5.98. The van der Waals surface area contributed by atoms with Gasteiger partial charge in [-0.15, -0.1) is 0 Å². The van der Waals surface area contributed by atoms with Gasteiger partial charge >= 0.3 is 6.18 Å². The Kier molecular flexibility index (Phi) is 6.38. The van der Waals surface area contributed by atoms with Gasteiger partial charge in [-0.05, 0) is 62.0 Å². The predicted molar refractivity (Wildman–Crippen MR) is 108 cm³/mol. The number of fused-ring (bicyclic) bond motifs is 1. The van der Waals surface area contributed by atoms with E-state index in [1.807, 2.05) is 19.0 Å². The smallest absolute Gasteiger partial charge is 0.416 e. The lowest BCUT2D eigenvalue weighted by atomic mass is 9.87. The zero-order valence-electron chi connectivity index (χ0n) is 17.1. The van der Waals surface area contributed by atoms with Crippen LogP contribution in [0.2, 0.25) is 0 Å². The van der Waals surface area contributed by atoms with Gasteiger partial charge in [-0.2, -0.15) is 13.2 Å². The average molecular weight is 422 g/mol. The fourth-order valence-corrected chi connectivity index (χ4v) is 3.67. The molecule has 1 heterocycles. The number of likely N-dealkylation sites (N-methyl/N-ethyl adjacent to an activating group) is 1. The van der Waals surface area contributed by atoms with Crippen molar-refractivity contribution in [2.24, 2.45) is 0 Å². The van der Waals surface area contributed by atoms with Crippen LogP contribution in [0, 0.1) is 0 Å². The van der Waals surface area contributed by atoms with E-state index in [9.17, 15) is 23.1 Å². The largest absolute Gasteiger partial charge is 0.497 e. The molecule has 0 aliphatic carbocycles. The molecule has 0 fully saturated rings. The minimum absolute atomic E-state index is 0.108. The number of hydrogen-bond acceptors (Lipinski definition) is 4. The lowest BCUT2D eigenvalue weighted by molar-refractivity contribution is -0.137. The van der Waals surface area contributed by atoms with E-state index >= 15 is 0 Å². The maximum absolute atomic E-state index is 13.3. The first kappa shape index (κ1) is 22.1. The third-order valence-electron chi connectivity index (χ3n) is 5.35. The SMILES string of the molecule is COc1ccc([C@@H]2Cc3cc(C(F)(F)F)ccc3N(CCN(C)C)C(=O)[C@@H]2O)cc1. The highest BCUT2D eigenvalue weighted by atomic mass is 19.4. The molecule has 2 atom stereocenters. The highest BCUT2D eigenvalue weighted by Crippen LogP contribution is 2.39. The number of ether oxygens (including phenoxy) is 1. The molecule has 0 spiro atoms. The van der Waals surface area contributed by atoms with Crippen LogP contribution in [0.3, 0.4) is 0 Å². The predicted octanol–water partition coefficient (Wildman–Crippen LogP) is 3.31. The standard InChI is InChI=1S/C22H25F3N2O3/c1-26(2)10-11-27-19-9-6-16(22(23,24)25)12-15(19)13-18(20(28)21(27)29)14-4-7-17(30-3)8-5-14/h4-9,12,18,20,28H,10-11,13H2,1-3H3/t18-,20+/m0/s1. The second kappa shape index (κ2) is 8.65. The van der Waals surface area contributed by atoms with E-state index in [2.05, 4.69) is 0 Å². The third kappa shape index (κ3) is 4.60. The van der Waals surface area contributed by atoms with Crippen molar-refractivity contribution in [3.05, 3.63) is 59.2 Å². The van der Waals surface area contributed by atoms with Gasteiger partial charge in [0.1, 0.15) is 11.9 Å². The number of benzene rings is 2. The van der Waals surface area contributed by atoms with E-state index in [4.69, 9.17) is 4.74 Å². The van der Waals surface area contributed by atoms with Gasteiger partial charge in [0.05, 0.1) is 12.7 Å². The Labute approximate surface area is 173 Å². The minimum atomic E-state index is -4.49. The average Bonchev–Trinajstić information content (AvgIpc) is 2.80. The molecule has 1 aliphatic heterocycles. The molecule has 30 heavy (non-hydrogen) atoms. The number of nitrogens with zero attached hydrogens (tertiary/aromatic N) is 2. The Hall–Kier alpha value is -2.58. The van der Waals surface area contributed by atoms with Crippen molar-refractivity contribution < 1.29 is 27.8 Å². The van der Waals surface area contributed by atoms with Gasteiger partial charge in [-0.1, -0.05) is 12.1 Å². The Morgan fingerprint density at radius 3 is 2.40 bits per heavy atom. The molecule has 2 aromatic carbocycles. The van der Waals surface area contributed by atoms with E-state index in [1.165, 1.54) is 18.1 Å². The van der Waals surface area contributed by atoms with E-state index < -0.39 is 29.7 Å². The normalized spacial score (nSPS) is 19.6. The van der Waals surface area contributed by atoms with Crippen molar-refractivity contribution >= 4 is 11.6 Å². The van der Waals surface area contributed by atoms with Crippen LogP contribution >= 0.6 is 0 Å². The molecule has 0 radical (unpaired) electrons. The first-order valence-corrected chi connectivity index (χ1v) is 9.60.